The lowest BCUT2D eigenvalue weighted by atomic mass is 10.2. The SMILES string of the molecule is Cc1cc(S(=O)(=O)O)ccc1NNS(=O)(=O)O. The molecule has 4 N–H and O–H groups in total. The van der Waals surface area contributed by atoms with Gasteiger partial charge in [-0.15, -0.1) is 4.83 Å². The Labute approximate surface area is 98.3 Å². The van der Waals surface area contributed by atoms with E-state index in [-0.39, 0.29) is 10.6 Å². The Bertz CT molecular complexity index is 622. The average molecular weight is 282 g/mol. The molecular formula is C7H10N2O6S2. The summed E-state index contributed by atoms with van der Waals surface area (Å²) in [6.07, 6.45) is 0. The van der Waals surface area contributed by atoms with Gasteiger partial charge in [0.15, 0.2) is 0 Å². The minimum atomic E-state index is -4.41. The Kier molecular flexibility index (Phi) is 3.74. The molecule has 0 radical (unpaired) electrons. The summed E-state index contributed by atoms with van der Waals surface area (Å²) >= 11 is 0. The van der Waals surface area contributed by atoms with Crippen molar-refractivity contribution < 1.29 is 25.9 Å². The third-order valence-electron chi connectivity index (χ3n) is 1.81. The van der Waals surface area contributed by atoms with Gasteiger partial charge in [-0.3, -0.25) is 9.11 Å². The highest BCUT2D eigenvalue weighted by molar-refractivity contribution is 7.85. The largest absolute Gasteiger partial charge is 0.350 e. The lowest BCUT2D eigenvalue weighted by molar-refractivity contribution is 0.472. The topological polar surface area (TPSA) is 133 Å². The normalized spacial score (nSPS) is 12.4. The van der Waals surface area contributed by atoms with Crippen molar-refractivity contribution >= 4 is 26.1 Å². The van der Waals surface area contributed by atoms with Crippen LogP contribution in [0.3, 0.4) is 0 Å². The monoisotopic (exact) mass is 282 g/mol. The molecule has 0 heterocycles. The van der Waals surface area contributed by atoms with Gasteiger partial charge >= 0.3 is 10.3 Å². The zero-order valence-electron chi connectivity index (χ0n) is 8.58. The van der Waals surface area contributed by atoms with Crippen LogP contribution < -0.4 is 10.3 Å². The van der Waals surface area contributed by atoms with Crippen molar-refractivity contribution in [3.63, 3.8) is 0 Å². The third kappa shape index (κ3) is 4.28. The maximum absolute atomic E-state index is 10.8. The Balaban J connectivity index is 2.99. The summed E-state index contributed by atoms with van der Waals surface area (Å²) in [7, 11) is -8.71. The summed E-state index contributed by atoms with van der Waals surface area (Å²) in [5.41, 5.74) is 2.76. The molecule has 0 saturated heterocycles. The summed E-state index contributed by atoms with van der Waals surface area (Å²) in [5, 5.41) is 0. The predicted molar refractivity (Wildman–Crippen MR) is 59.3 cm³/mol. The number of benzene rings is 1. The van der Waals surface area contributed by atoms with E-state index < -0.39 is 20.4 Å². The number of aryl methyl sites for hydroxylation is 1. The molecule has 0 aromatic heterocycles. The van der Waals surface area contributed by atoms with Crippen LogP contribution in [0.15, 0.2) is 23.1 Å². The summed E-state index contributed by atoms with van der Waals surface area (Å²) in [6, 6.07) is 3.45. The molecule has 0 bridgehead atoms. The van der Waals surface area contributed by atoms with Crippen LogP contribution in [-0.4, -0.2) is 25.9 Å². The molecule has 8 nitrogen and oxygen atoms in total. The molecule has 0 fully saturated rings. The molecule has 1 aromatic carbocycles. The van der Waals surface area contributed by atoms with Gasteiger partial charge in [-0.05, 0) is 30.7 Å². The summed E-state index contributed by atoms with van der Waals surface area (Å²) in [5.74, 6) is 0. The van der Waals surface area contributed by atoms with Gasteiger partial charge in [-0.2, -0.15) is 16.8 Å². The second-order valence-electron chi connectivity index (χ2n) is 3.15. The van der Waals surface area contributed by atoms with Crippen LogP contribution in [0.1, 0.15) is 5.56 Å². The second kappa shape index (κ2) is 4.58. The highest BCUT2D eigenvalue weighted by Crippen LogP contribution is 2.18. The van der Waals surface area contributed by atoms with Crippen molar-refractivity contribution in [2.24, 2.45) is 0 Å². The molecule has 0 atom stereocenters. The standard InChI is InChI=1S/C7H10N2O6S2/c1-5-4-6(16(10,11)12)2-3-7(5)8-9-17(13,14)15/h2-4,8-9H,1H3,(H,10,11,12)(H,13,14,15). The van der Waals surface area contributed by atoms with Crippen molar-refractivity contribution in [1.82, 2.24) is 4.83 Å². The van der Waals surface area contributed by atoms with Gasteiger partial charge in [0.2, 0.25) is 0 Å². The van der Waals surface area contributed by atoms with Gasteiger partial charge in [-0.25, -0.2) is 0 Å². The van der Waals surface area contributed by atoms with Crippen LogP contribution in [-0.2, 0) is 20.4 Å². The molecular weight excluding hydrogens is 272 g/mol. The van der Waals surface area contributed by atoms with Crippen LogP contribution in [0.25, 0.3) is 0 Å². The first-order chi connectivity index (χ1) is 7.59. The lowest BCUT2D eigenvalue weighted by Gasteiger charge is -2.09. The number of hydrazine groups is 1. The zero-order valence-corrected chi connectivity index (χ0v) is 10.2. The number of rotatable bonds is 4. The van der Waals surface area contributed by atoms with Gasteiger partial charge in [0.25, 0.3) is 10.1 Å². The van der Waals surface area contributed by atoms with Gasteiger partial charge < -0.3 is 5.43 Å². The second-order valence-corrected chi connectivity index (χ2v) is 5.73. The van der Waals surface area contributed by atoms with E-state index in [1.54, 1.807) is 4.83 Å². The number of nitrogens with one attached hydrogen (secondary N) is 2. The van der Waals surface area contributed by atoms with Crippen LogP contribution in [0.4, 0.5) is 5.69 Å². The van der Waals surface area contributed by atoms with E-state index in [2.05, 4.69) is 5.43 Å². The summed E-state index contributed by atoms with van der Waals surface area (Å²) in [6.45, 7) is 1.49. The Morgan fingerprint density at radius 1 is 1.12 bits per heavy atom. The zero-order chi connectivity index (χ0) is 13.3. The molecule has 17 heavy (non-hydrogen) atoms. The van der Waals surface area contributed by atoms with E-state index in [4.69, 9.17) is 9.11 Å². The average Bonchev–Trinajstić information content (AvgIpc) is 2.12. The quantitative estimate of drug-likeness (QED) is 0.450. The summed E-state index contributed by atoms with van der Waals surface area (Å²) < 4.78 is 59.6. The highest BCUT2D eigenvalue weighted by atomic mass is 32.2. The first-order valence-electron chi connectivity index (χ1n) is 4.18. The number of hydrogen-bond acceptors (Lipinski definition) is 5. The van der Waals surface area contributed by atoms with Gasteiger partial charge in [-0.1, -0.05) is 0 Å². The van der Waals surface area contributed by atoms with Gasteiger partial charge in [0, 0.05) is 0 Å². The van der Waals surface area contributed by atoms with Gasteiger partial charge in [0.05, 0.1) is 10.6 Å². The smallest absolute Gasteiger partial charge is 0.306 e. The lowest BCUT2D eigenvalue weighted by Crippen LogP contribution is -2.28. The van der Waals surface area contributed by atoms with Crippen LogP contribution in [0.2, 0.25) is 0 Å². The van der Waals surface area contributed by atoms with E-state index in [1.165, 1.54) is 13.0 Å². The van der Waals surface area contributed by atoms with E-state index in [9.17, 15) is 16.8 Å². The van der Waals surface area contributed by atoms with Crippen molar-refractivity contribution in [2.45, 2.75) is 11.8 Å². The van der Waals surface area contributed by atoms with E-state index >= 15 is 0 Å². The van der Waals surface area contributed by atoms with E-state index in [0.717, 1.165) is 12.1 Å². The molecule has 0 aliphatic carbocycles. The number of anilines is 1. The first-order valence-corrected chi connectivity index (χ1v) is 7.06. The van der Waals surface area contributed by atoms with Crippen molar-refractivity contribution in [2.75, 3.05) is 5.43 Å². The molecule has 0 unspecified atom stereocenters. The molecule has 10 heteroatoms. The minimum absolute atomic E-state index is 0.232. The van der Waals surface area contributed by atoms with E-state index in [1.807, 2.05) is 0 Å². The highest BCUT2D eigenvalue weighted by Gasteiger charge is 2.11. The third-order valence-corrected chi connectivity index (χ3v) is 3.02. The van der Waals surface area contributed by atoms with Gasteiger partial charge in [0.1, 0.15) is 0 Å². The van der Waals surface area contributed by atoms with Crippen LogP contribution in [0.5, 0.6) is 0 Å². The molecule has 0 aliphatic rings. The van der Waals surface area contributed by atoms with Crippen LogP contribution >= 0.6 is 0 Å². The van der Waals surface area contributed by atoms with Crippen molar-refractivity contribution in [3.05, 3.63) is 23.8 Å². The molecule has 96 valence electrons. The summed E-state index contributed by atoms with van der Waals surface area (Å²) in [4.78, 5) is 1.29. The maximum atomic E-state index is 10.8. The Morgan fingerprint density at radius 3 is 2.12 bits per heavy atom. The predicted octanol–water partition coefficient (Wildman–Crippen LogP) is -0.0390. The Morgan fingerprint density at radius 2 is 1.71 bits per heavy atom. The fraction of sp³-hybridized carbons (Fsp3) is 0.143. The maximum Gasteiger partial charge on any atom is 0.350 e. The molecule has 0 saturated carbocycles. The van der Waals surface area contributed by atoms with Crippen LogP contribution in [0, 0.1) is 6.92 Å². The molecule has 1 aromatic rings. The first kappa shape index (κ1) is 13.9. The van der Waals surface area contributed by atoms with E-state index in [0.29, 0.717) is 5.56 Å². The molecule has 1 rings (SSSR count). The molecule has 0 aliphatic heterocycles. The molecule has 0 spiro atoms. The molecule has 0 amide bonds. The fourth-order valence-electron chi connectivity index (χ4n) is 1.06. The fourth-order valence-corrected chi connectivity index (χ4v) is 1.86. The number of hydrogen-bond donors (Lipinski definition) is 4. The van der Waals surface area contributed by atoms with Crippen molar-refractivity contribution in [1.29, 1.82) is 0 Å². The van der Waals surface area contributed by atoms with Crippen molar-refractivity contribution in [3.8, 4) is 0 Å². The Hall–Kier alpha value is -1.20. The minimum Gasteiger partial charge on any atom is -0.306 e.